The zero-order valence-corrected chi connectivity index (χ0v) is 25.3. The number of nitrogens with one attached hydrogen (secondary N) is 1. The van der Waals surface area contributed by atoms with E-state index in [2.05, 4.69) is 5.32 Å². The van der Waals surface area contributed by atoms with Crippen molar-refractivity contribution in [3.8, 4) is 5.75 Å². The van der Waals surface area contributed by atoms with E-state index < -0.39 is 47.7 Å². The number of carbonyl (C=O) groups excluding carboxylic acids is 4. The van der Waals surface area contributed by atoms with Crippen molar-refractivity contribution in [2.45, 2.75) is 103 Å². The Morgan fingerprint density at radius 1 is 0.952 bits per heavy atom. The molecule has 1 aromatic carbocycles. The molecule has 0 spiro atoms. The molecule has 3 amide bonds. The number of rotatable bonds is 1. The minimum Gasteiger partial charge on any atom is -0.493 e. The lowest BCUT2D eigenvalue weighted by Crippen LogP contribution is -2.57. The van der Waals surface area contributed by atoms with Crippen LogP contribution in [0.25, 0.3) is 0 Å². The maximum absolute atomic E-state index is 13.8. The maximum Gasteiger partial charge on any atom is 0.410 e. The van der Waals surface area contributed by atoms with E-state index in [1.165, 1.54) is 12.0 Å². The molecule has 3 aliphatic rings. The van der Waals surface area contributed by atoms with Crippen LogP contribution < -0.4 is 10.1 Å². The predicted molar refractivity (Wildman–Crippen MR) is 154 cm³/mol. The molecule has 4 bridgehead atoms. The molecule has 0 radical (unpaired) electrons. The summed E-state index contributed by atoms with van der Waals surface area (Å²) in [7, 11) is 1.25. The van der Waals surface area contributed by atoms with Gasteiger partial charge in [-0.25, -0.2) is 14.4 Å². The molecule has 1 aromatic rings. The standard InChI is InChI=1S/C31H45N3O8/c1-31(2,3)26-27(35)34-19-22(17-24(34)28(36)39-4)42-30(38)33-18-21-13-12-14-25(23(21)20-33)40-15-10-8-6-5-7-9-11-16-41-29(37)32-26/h12-14,22,24,26H,5-11,15-20H2,1-4H3,(H,32,37)/t22?,24-,26+/m0/s1. The lowest BCUT2D eigenvalue weighted by atomic mass is 9.85. The van der Waals surface area contributed by atoms with Crippen LogP contribution in [-0.4, -0.2) is 78.9 Å². The van der Waals surface area contributed by atoms with Gasteiger partial charge in [0.1, 0.15) is 23.9 Å². The zero-order chi connectivity index (χ0) is 30.3. The Morgan fingerprint density at radius 2 is 1.62 bits per heavy atom. The third-order valence-corrected chi connectivity index (χ3v) is 8.14. The summed E-state index contributed by atoms with van der Waals surface area (Å²) in [6, 6.07) is 3.93. The molecular formula is C31H45N3O8. The highest BCUT2D eigenvalue weighted by atomic mass is 16.6. The molecule has 3 heterocycles. The number of amides is 3. The van der Waals surface area contributed by atoms with Crippen molar-refractivity contribution in [2.75, 3.05) is 26.9 Å². The van der Waals surface area contributed by atoms with Crippen molar-refractivity contribution in [3.05, 3.63) is 29.3 Å². The molecule has 1 unspecified atom stereocenters. The molecular weight excluding hydrogens is 542 g/mol. The summed E-state index contributed by atoms with van der Waals surface area (Å²) in [5, 5.41) is 2.72. The third kappa shape index (κ3) is 7.86. The predicted octanol–water partition coefficient (Wildman–Crippen LogP) is 4.55. The van der Waals surface area contributed by atoms with E-state index in [4.69, 9.17) is 18.9 Å². The smallest absolute Gasteiger partial charge is 0.410 e. The highest BCUT2D eigenvalue weighted by Gasteiger charge is 2.47. The molecule has 0 aromatic heterocycles. The summed E-state index contributed by atoms with van der Waals surface area (Å²) in [5.41, 5.74) is 1.31. The molecule has 1 fully saturated rings. The van der Waals surface area contributed by atoms with Gasteiger partial charge in [0.2, 0.25) is 5.91 Å². The molecule has 1 saturated heterocycles. The number of alkyl carbamates (subject to hydrolysis) is 1. The Labute approximate surface area is 248 Å². The van der Waals surface area contributed by atoms with Gasteiger partial charge in [-0.05, 0) is 29.9 Å². The third-order valence-electron chi connectivity index (χ3n) is 8.14. The SMILES string of the molecule is COC(=O)[C@@H]1CC2CN1C(=O)[C@H](C(C)(C)C)NC(=O)OCCCCCCCCCOc1cccc3c1CN(C3)C(=O)O2. The highest BCUT2D eigenvalue weighted by molar-refractivity contribution is 5.91. The van der Waals surface area contributed by atoms with Crippen LogP contribution in [-0.2, 0) is 36.9 Å². The van der Waals surface area contributed by atoms with Gasteiger partial charge in [0.15, 0.2) is 0 Å². The van der Waals surface area contributed by atoms with Crippen molar-refractivity contribution in [2.24, 2.45) is 5.41 Å². The van der Waals surface area contributed by atoms with Crippen molar-refractivity contribution >= 4 is 24.1 Å². The van der Waals surface area contributed by atoms with Gasteiger partial charge in [-0.3, -0.25) is 9.69 Å². The van der Waals surface area contributed by atoms with Crippen LogP contribution in [0.15, 0.2) is 18.2 Å². The number of benzene rings is 1. The second-order valence-corrected chi connectivity index (χ2v) is 12.4. The lowest BCUT2D eigenvalue weighted by Gasteiger charge is -2.34. The average Bonchev–Trinajstić information content (AvgIpc) is 3.58. The molecule has 42 heavy (non-hydrogen) atoms. The molecule has 0 saturated carbocycles. The monoisotopic (exact) mass is 587 g/mol. The summed E-state index contributed by atoms with van der Waals surface area (Å²) in [6.45, 7) is 7.10. The quantitative estimate of drug-likeness (QED) is 0.375. The first-order chi connectivity index (χ1) is 20.1. The van der Waals surface area contributed by atoms with Crippen LogP contribution >= 0.6 is 0 Å². The summed E-state index contributed by atoms with van der Waals surface area (Å²) < 4.78 is 22.3. The number of esters is 1. The summed E-state index contributed by atoms with van der Waals surface area (Å²) in [6.07, 6.45) is 5.15. The number of hydrogen-bond donors (Lipinski definition) is 1. The minimum absolute atomic E-state index is 0.00277. The number of hydrogen-bond acceptors (Lipinski definition) is 8. The van der Waals surface area contributed by atoms with Gasteiger partial charge >= 0.3 is 18.2 Å². The van der Waals surface area contributed by atoms with E-state index in [-0.39, 0.29) is 19.6 Å². The average molecular weight is 588 g/mol. The van der Waals surface area contributed by atoms with Crippen molar-refractivity contribution < 1.29 is 38.1 Å². The first-order valence-electron chi connectivity index (χ1n) is 15.1. The molecule has 1 N–H and O–H groups in total. The van der Waals surface area contributed by atoms with E-state index in [1.54, 1.807) is 4.90 Å². The van der Waals surface area contributed by atoms with E-state index in [0.29, 0.717) is 19.7 Å². The first kappa shape index (κ1) is 31.4. The minimum atomic E-state index is -0.969. The Hall–Kier alpha value is -3.50. The summed E-state index contributed by atoms with van der Waals surface area (Å²) in [4.78, 5) is 55.4. The van der Waals surface area contributed by atoms with Crippen LogP contribution in [0.5, 0.6) is 5.75 Å². The van der Waals surface area contributed by atoms with Gasteiger partial charge in [0.25, 0.3) is 0 Å². The lowest BCUT2D eigenvalue weighted by molar-refractivity contribution is -0.152. The number of cyclic esters (lactones) is 1. The van der Waals surface area contributed by atoms with E-state index in [9.17, 15) is 19.2 Å². The van der Waals surface area contributed by atoms with Gasteiger partial charge < -0.3 is 29.2 Å². The second kappa shape index (κ2) is 14.1. The van der Waals surface area contributed by atoms with Crippen LogP contribution in [0, 0.1) is 5.41 Å². The number of methoxy groups -OCH3 is 1. The van der Waals surface area contributed by atoms with E-state index in [1.807, 2.05) is 39.0 Å². The Kier molecular flexibility index (Phi) is 10.6. The van der Waals surface area contributed by atoms with Crippen LogP contribution in [0.4, 0.5) is 9.59 Å². The Balaban J connectivity index is 1.52. The van der Waals surface area contributed by atoms with Gasteiger partial charge in [0, 0.05) is 18.5 Å². The molecule has 232 valence electrons. The van der Waals surface area contributed by atoms with Crippen LogP contribution in [0.2, 0.25) is 0 Å². The summed E-state index contributed by atoms with van der Waals surface area (Å²) >= 11 is 0. The largest absolute Gasteiger partial charge is 0.493 e. The Morgan fingerprint density at radius 3 is 2.29 bits per heavy atom. The Bertz CT molecular complexity index is 1130. The highest BCUT2D eigenvalue weighted by Crippen LogP contribution is 2.33. The van der Waals surface area contributed by atoms with Crippen LogP contribution in [0.3, 0.4) is 0 Å². The number of carbonyl (C=O) groups is 4. The second-order valence-electron chi connectivity index (χ2n) is 12.4. The molecule has 0 aliphatic carbocycles. The van der Waals surface area contributed by atoms with Crippen molar-refractivity contribution in [1.29, 1.82) is 0 Å². The molecule has 11 heteroatoms. The number of fused-ring (bicyclic) bond motifs is 3. The van der Waals surface area contributed by atoms with Gasteiger partial charge in [0.05, 0.1) is 33.4 Å². The van der Waals surface area contributed by atoms with E-state index >= 15 is 0 Å². The van der Waals surface area contributed by atoms with Gasteiger partial charge in [-0.2, -0.15) is 0 Å². The van der Waals surface area contributed by atoms with Crippen molar-refractivity contribution in [1.82, 2.24) is 15.1 Å². The zero-order valence-electron chi connectivity index (χ0n) is 25.3. The maximum atomic E-state index is 13.8. The fraction of sp³-hybridized carbons (Fsp3) is 0.677. The fourth-order valence-corrected chi connectivity index (χ4v) is 5.77. The van der Waals surface area contributed by atoms with Gasteiger partial charge in [-0.15, -0.1) is 0 Å². The fourth-order valence-electron chi connectivity index (χ4n) is 5.77. The first-order valence-corrected chi connectivity index (χ1v) is 15.1. The number of ether oxygens (including phenoxy) is 4. The van der Waals surface area contributed by atoms with Crippen LogP contribution in [0.1, 0.15) is 83.3 Å². The van der Waals surface area contributed by atoms with E-state index in [0.717, 1.165) is 61.8 Å². The van der Waals surface area contributed by atoms with Crippen molar-refractivity contribution in [3.63, 3.8) is 0 Å². The molecule has 3 atom stereocenters. The summed E-state index contributed by atoms with van der Waals surface area (Å²) in [5.74, 6) is -0.279. The molecule has 11 nitrogen and oxygen atoms in total. The molecule has 4 rings (SSSR count). The number of nitrogens with zero attached hydrogens (tertiary/aromatic N) is 2. The normalized spacial score (nSPS) is 25.0. The van der Waals surface area contributed by atoms with Gasteiger partial charge in [-0.1, -0.05) is 65.0 Å². The topological polar surface area (TPSA) is 124 Å². The molecule has 3 aliphatic heterocycles.